The van der Waals surface area contributed by atoms with Crippen LogP contribution in [-0.2, 0) is 4.79 Å². The van der Waals surface area contributed by atoms with Gasteiger partial charge in [0.25, 0.3) is 5.91 Å². The number of nitrogens with zero attached hydrogens (tertiary/aromatic N) is 1. The van der Waals surface area contributed by atoms with E-state index in [1.165, 1.54) is 4.90 Å². The van der Waals surface area contributed by atoms with Crippen LogP contribution in [0.15, 0.2) is 0 Å². The number of urea groups is 1. The SMILES string of the molecule is CC(C)CN1C(=O)N[C@@]2(CCCC[C@@H]2C)C1=O. The molecule has 1 aliphatic heterocycles. The highest BCUT2D eigenvalue weighted by Crippen LogP contribution is 2.38. The maximum atomic E-state index is 12.5. The lowest BCUT2D eigenvalue weighted by Crippen LogP contribution is -2.54. The molecule has 2 aliphatic rings. The molecule has 0 aromatic carbocycles. The van der Waals surface area contributed by atoms with E-state index in [2.05, 4.69) is 12.2 Å². The molecule has 3 amide bonds. The quantitative estimate of drug-likeness (QED) is 0.749. The lowest BCUT2D eigenvalue weighted by atomic mass is 9.73. The molecule has 1 N–H and O–H groups in total. The molecule has 1 aliphatic carbocycles. The number of hydrogen-bond acceptors (Lipinski definition) is 2. The van der Waals surface area contributed by atoms with E-state index in [0.29, 0.717) is 12.5 Å². The van der Waals surface area contributed by atoms with Gasteiger partial charge in [-0.05, 0) is 24.7 Å². The van der Waals surface area contributed by atoms with E-state index in [-0.39, 0.29) is 17.9 Å². The molecule has 1 saturated heterocycles. The Kier molecular flexibility index (Phi) is 3.15. The number of carbonyl (C=O) groups is 2. The van der Waals surface area contributed by atoms with Gasteiger partial charge in [0.2, 0.25) is 0 Å². The number of nitrogens with one attached hydrogen (secondary N) is 1. The highest BCUT2D eigenvalue weighted by molar-refractivity contribution is 6.07. The molecule has 1 heterocycles. The first kappa shape index (κ1) is 12.4. The van der Waals surface area contributed by atoms with E-state index in [1.54, 1.807) is 0 Å². The molecule has 17 heavy (non-hydrogen) atoms. The number of hydrogen-bond donors (Lipinski definition) is 1. The second-order valence-corrected chi connectivity index (χ2v) is 5.86. The molecule has 2 atom stereocenters. The van der Waals surface area contributed by atoms with Gasteiger partial charge < -0.3 is 5.32 Å². The minimum atomic E-state index is -0.593. The predicted molar refractivity (Wildman–Crippen MR) is 65.4 cm³/mol. The molecule has 2 rings (SSSR count). The van der Waals surface area contributed by atoms with Crippen LogP contribution in [0.4, 0.5) is 4.79 Å². The van der Waals surface area contributed by atoms with E-state index >= 15 is 0 Å². The van der Waals surface area contributed by atoms with Gasteiger partial charge in [0.15, 0.2) is 0 Å². The molecular weight excluding hydrogens is 216 g/mol. The summed E-state index contributed by atoms with van der Waals surface area (Å²) in [5.41, 5.74) is -0.593. The third kappa shape index (κ3) is 1.94. The zero-order valence-corrected chi connectivity index (χ0v) is 11.0. The average Bonchev–Trinajstić information content (AvgIpc) is 2.48. The predicted octanol–water partition coefficient (Wildman–Crippen LogP) is 2.14. The van der Waals surface area contributed by atoms with Crippen LogP contribution in [0.2, 0.25) is 0 Å². The topological polar surface area (TPSA) is 49.4 Å². The van der Waals surface area contributed by atoms with E-state index in [1.807, 2.05) is 13.8 Å². The zero-order chi connectivity index (χ0) is 12.6. The molecule has 0 unspecified atom stereocenters. The van der Waals surface area contributed by atoms with Crippen LogP contribution in [0.3, 0.4) is 0 Å². The molecule has 0 aromatic rings. The Bertz CT molecular complexity index is 340. The van der Waals surface area contributed by atoms with Crippen LogP contribution in [0.5, 0.6) is 0 Å². The van der Waals surface area contributed by atoms with Gasteiger partial charge in [0.1, 0.15) is 5.54 Å². The summed E-state index contributed by atoms with van der Waals surface area (Å²) in [6.07, 6.45) is 4.02. The van der Waals surface area contributed by atoms with Gasteiger partial charge >= 0.3 is 6.03 Å². The van der Waals surface area contributed by atoms with E-state index in [0.717, 1.165) is 25.7 Å². The normalized spacial score (nSPS) is 33.6. The molecule has 1 saturated carbocycles. The molecule has 0 aromatic heterocycles. The van der Waals surface area contributed by atoms with Crippen molar-refractivity contribution >= 4 is 11.9 Å². The maximum Gasteiger partial charge on any atom is 0.325 e. The Labute approximate surface area is 103 Å². The minimum absolute atomic E-state index is 0.00315. The Balaban J connectivity index is 2.21. The van der Waals surface area contributed by atoms with Crippen molar-refractivity contribution in [3.63, 3.8) is 0 Å². The molecule has 4 heteroatoms. The Morgan fingerprint density at radius 3 is 2.71 bits per heavy atom. The third-order valence-corrected chi connectivity index (χ3v) is 4.05. The summed E-state index contributed by atoms with van der Waals surface area (Å²) >= 11 is 0. The summed E-state index contributed by atoms with van der Waals surface area (Å²) in [5.74, 6) is 0.576. The standard InChI is InChI=1S/C13H22N2O2/c1-9(2)8-15-11(16)13(14-12(15)17)7-5-4-6-10(13)3/h9-10H,4-8H2,1-3H3,(H,14,17)/t10-,13+/m0/s1. The van der Waals surface area contributed by atoms with Crippen LogP contribution >= 0.6 is 0 Å². The zero-order valence-electron chi connectivity index (χ0n) is 11.0. The second kappa shape index (κ2) is 4.31. The summed E-state index contributed by atoms with van der Waals surface area (Å²) < 4.78 is 0. The molecule has 96 valence electrons. The summed E-state index contributed by atoms with van der Waals surface area (Å²) in [5, 5.41) is 2.96. The number of carbonyl (C=O) groups excluding carboxylic acids is 2. The van der Waals surface area contributed by atoms with Gasteiger partial charge in [-0.1, -0.05) is 33.6 Å². The van der Waals surface area contributed by atoms with E-state index in [4.69, 9.17) is 0 Å². The third-order valence-electron chi connectivity index (χ3n) is 4.05. The van der Waals surface area contributed by atoms with Gasteiger partial charge in [-0.15, -0.1) is 0 Å². The fourth-order valence-corrected chi connectivity index (χ4v) is 3.03. The van der Waals surface area contributed by atoms with Gasteiger partial charge in [0.05, 0.1) is 0 Å². The van der Waals surface area contributed by atoms with Crippen molar-refractivity contribution in [2.24, 2.45) is 11.8 Å². The fourth-order valence-electron chi connectivity index (χ4n) is 3.03. The highest BCUT2D eigenvalue weighted by Gasteiger charge is 2.54. The first-order chi connectivity index (χ1) is 7.97. The fraction of sp³-hybridized carbons (Fsp3) is 0.846. The van der Waals surface area contributed by atoms with Crippen molar-refractivity contribution in [2.75, 3.05) is 6.54 Å². The second-order valence-electron chi connectivity index (χ2n) is 5.86. The summed E-state index contributed by atoms with van der Waals surface area (Å²) in [4.78, 5) is 25.8. The Morgan fingerprint density at radius 2 is 2.12 bits per heavy atom. The minimum Gasteiger partial charge on any atom is -0.323 e. The molecule has 1 spiro atoms. The summed E-state index contributed by atoms with van der Waals surface area (Å²) in [6, 6.07) is -0.197. The van der Waals surface area contributed by atoms with Crippen molar-refractivity contribution in [1.29, 1.82) is 0 Å². The van der Waals surface area contributed by atoms with Crippen LogP contribution < -0.4 is 5.32 Å². The van der Waals surface area contributed by atoms with Crippen molar-refractivity contribution in [1.82, 2.24) is 10.2 Å². The smallest absolute Gasteiger partial charge is 0.323 e. The maximum absolute atomic E-state index is 12.5. The number of rotatable bonds is 2. The van der Waals surface area contributed by atoms with E-state index in [9.17, 15) is 9.59 Å². The molecule has 0 radical (unpaired) electrons. The van der Waals surface area contributed by atoms with Gasteiger partial charge in [-0.2, -0.15) is 0 Å². The van der Waals surface area contributed by atoms with Crippen LogP contribution in [0.25, 0.3) is 0 Å². The molecule has 4 nitrogen and oxygen atoms in total. The van der Waals surface area contributed by atoms with Crippen molar-refractivity contribution in [2.45, 2.75) is 52.0 Å². The van der Waals surface area contributed by atoms with Gasteiger partial charge in [-0.25, -0.2) is 4.79 Å². The van der Waals surface area contributed by atoms with Crippen molar-refractivity contribution in [3.05, 3.63) is 0 Å². The lowest BCUT2D eigenvalue weighted by molar-refractivity contribution is -0.134. The molecule has 2 fully saturated rings. The number of imide groups is 1. The lowest BCUT2D eigenvalue weighted by Gasteiger charge is -2.36. The summed E-state index contributed by atoms with van der Waals surface area (Å²) in [7, 11) is 0. The Morgan fingerprint density at radius 1 is 1.41 bits per heavy atom. The average molecular weight is 238 g/mol. The highest BCUT2D eigenvalue weighted by atomic mass is 16.2. The number of amides is 3. The Hall–Kier alpha value is -1.06. The van der Waals surface area contributed by atoms with Crippen LogP contribution in [0, 0.1) is 11.8 Å². The van der Waals surface area contributed by atoms with Crippen LogP contribution in [-0.4, -0.2) is 28.9 Å². The molecular formula is C13H22N2O2. The first-order valence-corrected chi connectivity index (χ1v) is 6.61. The molecule has 0 bridgehead atoms. The summed E-state index contributed by atoms with van der Waals surface area (Å²) in [6.45, 7) is 6.65. The van der Waals surface area contributed by atoms with E-state index < -0.39 is 5.54 Å². The monoisotopic (exact) mass is 238 g/mol. The largest absolute Gasteiger partial charge is 0.325 e. The van der Waals surface area contributed by atoms with Gasteiger partial charge in [0, 0.05) is 6.54 Å². The van der Waals surface area contributed by atoms with Gasteiger partial charge in [-0.3, -0.25) is 9.69 Å². The van der Waals surface area contributed by atoms with Crippen LogP contribution in [0.1, 0.15) is 46.5 Å². The van der Waals surface area contributed by atoms with Crippen molar-refractivity contribution in [3.8, 4) is 0 Å². The van der Waals surface area contributed by atoms with Crippen molar-refractivity contribution < 1.29 is 9.59 Å². The first-order valence-electron chi connectivity index (χ1n) is 6.61.